The second-order valence-corrected chi connectivity index (χ2v) is 8.12. The van der Waals surface area contributed by atoms with E-state index in [1.54, 1.807) is 0 Å². The number of anilines is 1. The van der Waals surface area contributed by atoms with E-state index >= 15 is 0 Å². The Kier molecular flexibility index (Phi) is 4.54. The molecule has 0 spiro atoms. The van der Waals surface area contributed by atoms with E-state index in [4.69, 9.17) is 5.73 Å². The summed E-state index contributed by atoms with van der Waals surface area (Å²) in [7, 11) is 2.94. The van der Waals surface area contributed by atoms with Gasteiger partial charge in [0.15, 0.2) is 0 Å². The topological polar surface area (TPSA) is 26.0 Å². The highest BCUT2D eigenvalue weighted by Crippen LogP contribution is 2.37. The van der Waals surface area contributed by atoms with Crippen LogP contribution in [0, 0.1) is 0 Å². The molecule has 140 valence electrons. The van der Waals surface area contributed by atoms with Crippen LogP contribution in [0.3, 0.4) is 0 Å². The molecule has 0 aliphatic rings. The lowest BCUT2D eigenvalue weighted by molar-refractivity contribution is 1.20. The monoisotopic (exact) mass is 391 g/mol. The minimum Gasteiger partial charge on any atom is -0.399 e. The number of nitrogens with two attached hydrogens (primary N) is 1. The largest absolute Gasteiger partial charge is 0.399 e. The van der Waals surface area contributed by atoms with Gasteiger partial charge < -0.3 is 5.73 Å². The zero-order chi connectivity index (χ0) is 19.8. The van der Waals surface area contributed by atoms with Crippen LogP contribution in [0.25, 0.3) is 32.7 Å². The Bertz CT molecular complexity index is 1350. The van der Waals surface area contributed by atoms with Crippen LogP contribution in [-0.2, 0) is 6.42 Å². The smallest absolute Gasteiger partial charge is 0.0316 e. The summed E-state index contributed by atoms with van der Waals surface area (Å²) in [5, 5.41) is 6.31. The molecule has 1 nitrogen and oxygen atoms in total. The molecule has 0 aromatic heterocycles. The van der Waals surface area contributed by atoms with Crippen molar-refractivity contribution in [3.8, 4) is 11.1 Å². The SMILES string of the molecule is Nc1cccc(Cc2ccc3ccccc3c2-c2c(P)ccc3ccccc23)c1. The predicted molar refractivity (Wildman–Crippen MR) is 130 cm³/mol. The first kappa shape index (κ1) is 17.9. The Labute approximate surface area is 173 Å². The quantitative estimate of drug-likeness (QED) is 0.282. The minimum absolute atomic E-state index is 0.807. The number of hydrogen-bond donors (Lipinski definition) is 1. The van der Waals surface area contributed by atoms with Crippen molar-refractivity contribution in [2.45, 2.75) is 6.42 Å². The van der Waals surface area contributed by atoms with Gasteiger partial charge >= 0.3 is 0 Å². The Morgan fingerprint density at radius 1 is 0.621 bits per heavy atom. The first-order chi connectivity index (χ1) is 14.2. The zero-order valence-electron chi connectivity index (χ0n) is 16.1. The Balaban J connectivity index is 1.84. The maximum absolute atomic E-state index is 6.05. The standard InChI is InChI=1S/C27H22NP/c28-22-9-5-6-18(17-22)16-21-13-12-19-7-1-3-10-23(19)26(21)27-24-11-4-2-8-20(24)14-15-25(27)29/h1-15,17H,16,28-29H2. The molecule has 0 fully saturated rings. The third-order valence-corrected chi connectivity index (χ3v) is 6.05. The molecule has 29 heavy (non-hydrogen) atoms. The van der Waals surface area contributed by atoms with Gasteiger partial charge in [-0.05, 0) is 67.7 Å². The van der Waals surface area contributed by atoms with Crippen molar-refractivity contribution in [1.29, 1.82) is 0 Å². The van der Waals surface area contributed by atoms with E-state index in [2.05, 4.69) is 94.2 Å². The van der Waals surface area contributed by atoms with Crippen LogP contribution >= 0.6 is 9.24 Å². The van der Waals surface area contributed by atoms with Gasteiger partial charge in [0, 0.05) is 5.69 Å². The van der Waals surface area contributed by atoms with Crippen LogP contribution < -0.4 is 11.0 Å². The van der Waals surface area contributed by atoms with E-state index in [-0.39, 0.29) is 0 Å². The van der Waals surface area contributed by atoms with Gasteiger partial charge in [-0.3, -0.25) is 0 Å². The lowest BCUT2D eigenvalue weighted by Gasteiger charge is -2.18. The van der Waals surface area contributed by atoms with Gasteiger partial charge in [-0.2, -0.15) is 0 Å². The molecule has 0 saturated carbocycles. The highest BCUT2D eigenvalue weighted by molar-refractivity contribution is 7.28. The lowest BCUT2D eigenvalue weighted by Crippen LogP contribution is -2.02. The van der Waals surface area contributed by atoms with Crippen LogP contribution in [-0.4, -0.2) is 0 Å². The molecule has 5 aromatic carbocycles. The summed E-state index contributed by atoms with van der Waals surface area (Å²) in [6, 6.07) is 34.4. The van der Waals surface area contributed by atoms with Crippen LogP contribution in [0.4, 0.5) is 5.69 Å². The highest BCUT2D eigenvalue weighted by Gasteiger charge is 2.15. The first-order valence-corrected chi connectivity index (χ1v) is 10.4. The number of hydrogen-bond acceptors (Lipinski definition) is 1. The maximum atomic E-state index is 6.05. The van der Waals surface area contributed by atoms with E-state index < -0.39 is 0 Å². The van der Waals surface area contributed by atoms with Crippen molar-refractivity contribution in [2.24, 2.45) is 0 Å². The van der Waals surface area contributed by atoms with E-state index in [9.17, 15) is 0 Å². The number of nitrogen functional groups attached to an aromatic ring is 1. The lowest BCUT2D eigenvalue weighted by atomic mass is 9.87. The molecule has 2 N–H and O–H groups in total. The molecule has 0 radical (unpaired) electrons. The molecule has 5 aromatic rings. The molecule has 0 aliphatic heterocycles. The van der Waals surface area contributed by atoms with Gasteiger partial charge in [-0.25, -0.2) is 0 Å². The molecule has 0 bridgehead atoms. The molecular weight excluding hydrogens is 369 g/mol. The molecular formula is C27H22NP. The number of rotatable bonds is 3. The summed E-state index contributed by atoms with van der Waals surface area (Å²) in [6.45, 7) is 0. The van der Waals surface area contributed by atoms with Crippen molar-refractivity contribution in [3.63, 3.8) is 0 Å². The molecule has 1 unspecified atom stereocenters. The van der Waals surface area contributed by atoms with Gasteiger partial charge in [0.2, 0.25) is 0 Å². The summed E-state index contributed by atoms with van der Waals surface area (Å²) in [5.41, 5.74) is 12.0. The third kappa shape index (κ3) is 3.28. The van der Waals surface area contributed by atoms with Crippen LogP contribution in [0.5, 0.6) is 0 Å². The van der Waals surface area contributed by atoms with Crippen LogP contribution in [0.2, 0.25) is 0 Å². The second-order valence-electron chi connectivity index (χ2n) is 7.49. The number of fused-ring (bicyclic) bond motifs is 2. The van der Waals surface area contributed by atoms with Crippen molar-refractivity contribution in [3.05, 3.63) is 108 Å². The normalized spacial score (nSPS) is 11.2. The van der Waals surface area contributed by atoms with Gasteiger partial charge in [-0.1, -0.05) is 84.9 Å². The molecule has 0 aliphatic carbocycles. The predicted octanol–water partition coefficient (Wildman–Crippen LogP) is 6.33. The van der Waals surface area contributed by atoms with Gasteiger partial charge in [-0.15, -0.1) is 9.24 Å². The average molecular weight is 391 g/mol. The molecule has 0 saturated heterocycles. The second kappa shape index (κ2) is 7.35. The maximum Gasteiger partial charge on any atom is 0.0316 e. The Morgan fingerprint density at radius 2 is 1.28 bits per heavy atom. The van der Waals surface area contributed by atoms with Crippen molar-refractivity contribution >= 4 is 41.8 Å². The Morgan fingerprint density at radius 3 is 2.00 bits per heavy atom. The summed E-state index contributed by atoms with van der Waals surface area (Å²) in [5.74, 6) is 0. The third-order valence-electron chi connectivity index (χ3n) is 5.57. The van der Waals surface area contributed by atoms with E-state index in [1.165, 1.54) is 49.1 Å². The summed E-state index contributed by atoms with van der Waals surface area (Å²) >= 11 is 0. The fourth-order valence-electron chi connectivity index (χ4n) is 4.25. The van der Waals surface area contributed by atoms with E-state index in [1.807, 2.05) is 12.1 Å². The molecule has 5 rings (SSSR count). The fourth-order valence-corrected chi connectivity index (χ4v) is 4.65. The molecule has 0 amide bonds. The van der Waals surface area contributed by atoms with E-state index in [0.717, 1.165) is 12.1 Å². The number of benzene rings is 5. The minimum atomic E-state index is 0.807. The summed E-state index contributed by atoms with van der Waals surface area (Å²) in [4.78, 5) is 0. The van der Waals surface area contributed by atoms with E-state index in [0.29, 0.717) is 0 Å². The fraction of sp³-hybridized carbons (Fsp3) is 0.0370. The molecule has 0 heterocycles. The van der Waals surface area contributed by atoms with Crippen LogP contribution in [0.15, 0.2) is 97.1 Å². The summed E-state index contributed by atoms with van der Waals surface area (Å²) in [6.07, 6.45) is 0.846. The first-order valence-electron chi connectivity index (χ1n) is 9.83. The average Bonchev–Trinajstić information content (AvgIpc) is 2.74. The molecule has 1 atom stereocenters. The molecule has 2 heteroatoms. The van der Waals surface area contributed by atoms with Gasteiger partial charge in [0.1, 0.15) is 0 Å². The Hall–Kier alpha value is -3.15. The van der Waals surface area contributed by atoms with Crippen LogP contribution in [0.1, 0.15) is 11.1 Å². The van der Waals surface area contributed by atoms with Crippen molar-refractivity contribution in [1.82, 2.24) is 0 Å². The van der Waals surface area contributed by atoms with Gasteiger partial charge in [0.25, 0.3) is 0 Å². The summed E-state index contributed by atoms with van der Waals surface area (Å²) < 4.78 is 0. The highest BCUT2D eigenvalue weighted by atomic mass is 31.0. The van der Waals surface area contributed by atoms with Gasteiger partial charge in [0.05, 0.1) is 0 Å². The van der Waals surface area contributed by atoms with Crippen molar-refractivity contribution < 1.29 is 0 Å². The van der Waals surface area contributed by atoms with Crippen molar-refractivity contribution in [2.75, 3.05) is 5.73 Å². The zero-order valence-corrected chi connectivity index (χ0v) is 17.3.